The van der Waals surface area contributed by atoms with Crippen LogP contribution in [0, 0.1) is 0 Å². The van der Waals surface area contributed by atoms with Crippen LogP contribution in [0.25, 0.3) is 10.8 Å². The number of fused-ring (bicyclic) bond motifs is 1. The van der Waals surface area contributed by atoms with E-state index in [1.807, 2.05) is 30.3 Å². The number of Topliss-reactive ketones (excluding diaryl/α,β-unsaturated/α-hetero) is 1. The van der Waals surface area contributed by atoms with Gasteiger partial charge in [0, 0.05) is 5.56 Å². The summed E-state index contributed by atoms with van der Waals surface area (Å²) in [5, 5.41) is 1.70. The number of hydrogen-bond donors (Lipinski definition) is 0. The first-order valence-electron chi connectivity index (χ1n) is 5.43. The van der Waals surface area contributed by atoms with Crippen molar-refractivity contribution < 1.29 is 14.3 Å². The van der Waals surface area contributed by atoms with Crippen LogP contribution in [0.3, 0.4) is 0 Å². The molecule has 0 saturated carbocycles. The van der Waals surface area contributed by atoms with Crippen LogP contribution in [-0.4, -0.2) is 18.4 Å². The number of ether oxygens (including phenoxy) is 1. The maximum atomic E-state index is 11.9. The molecule has 0 aliphatic rings. The lowest BCUT2D eigenvalue weighted by Gasteiger charge is -2.04. The molecule has 0 heterocycles. The van der Waals surface area contributed by atoms with E-state index >= 15 is 0 Å². The molecule has 86 valence electrons. The molecule has 2 rings (SSSR count). The second-order valence-corrected chi connectivity index (χ2v) is 3.58. The molecule has 0 saturated heterocycles. The minimum atomic E-state index is -0.802. The Kier molecular flexibility index (Phi) is 3.19. The first-order valence-corrected chi connectivity index (χ1v) is 5.43. The highest BCUT2D eigenvalue weighted by Gasteiger charge is 2.19. The molecule has 0 N–H and O–H groups in total. The maximum Gasteiger partial charge on any atom is 0.379 e. The van der Waals surface area contributed by atoms with Crippen LogP contribution in [0.4, 0.5) is 0 Å². The van der Waals surface area contributed by atoms with E-state index < -0.39 is 11.8 Å². The number of carbonyl (C=O) groups is 2. The minimum Gasteiger partial charge on any atom is -0.460 e. The summed E-state index contributed by atoms with van der Waals surface area (Å²) in [5.74, 6) is -1.40. The zero-order valence-electron chi connectivity index (χ0n) is 9.47. The largest absolute Gasteiger partial charge is 0.460 e. The van der Waals surface area contributed by atoms with Gasteiger partial charge in [-0.15, -0.1) is 0 Å². The van der Waals surface area contributed by atoms with Gasteiger partial charge in [-0.2, -0.15) is 0 Å². The van der Waals surface area contributed by atoms with Crippen molar-refractivity contribution in [2.24, 2.45) is 0 Å². The Balaban J connectivity index is 2.48. The Labute approximate surface area is 99.0 Å². The fraction of sp³-hybridized carbons (Fsp3) is 0.143. The average Bonchev–Trinajstić information content (AvgIpc) is 2.37. The molecule has 3 nitrogen and oxygen atoms in total. The maximum absolute atomic E-state index is 11.9. The summed E-state index contributed by atoms with van der Waals surface area (Å²) in [6, 6.07) is 12.7. The van der Waals surface area contributed by atoms with Crippen LogP contribution in [0.2, 0.25) is 0 Å². The van der Waals surface area contributed by atoms with Crippen LogP contribution in [-0.2, 0) is 9.53 Å². The third kappa shape index (κ3) is 2.18. The molecule has 17 heavy (non-hydrogen) atoms. The molecule has 0 aliphatic heterocycles. The van der Waals surface area contributed by atoms with Gasteiger partial charge in [-0.25, -0.2) is 4.79 Å². The van der Waals surface area contributed by atoms with Gasteiger partial charge in [0.15, 0.2) is 0 Å². The molecular weight excluding hydrogens is 216 g/mol. The minimum absolute atomic E-state index is 0.204. The topological polar surface area (TPSA) is 43.4 Å². The van der Waals surface area contributed by atoms with Crippen molar-refractivity contribution in [2.75, 3.05) is 6.61 Å². The normalized spacial score (nSPS) is 10.2. The number of rotatable bonds is 3. The number of esters is 1. The molecule has 0 fully saturated rings. The van der Waals surface area contributed by atoms with E-state index in [0.717, 1.165) is 10.8 Å². The first-order chi connectivity index (χ1) is 8.24. The predicted octanol–water partition coefficient (Wildman–Crippen LogP) is 2.59. The molecule has 0 aliphatic carbocycles. The molecule has 0 aromatic heterocycles. The van der Waals surface area contributed by atoms with E-state index in [1.165, 1.54) is 0 Å². The van der Waals surface area contributed by atoms with Gasteiger partial charge in [-0.1, -0.05) is 42.5 Å². The van der Waals surface area contributed by atoms with Crippen LogP contribution < -0.4 is 0 Å². The molecule has 2 aromatic carbocycles. The summed E-state index contributed by atoms with van der Waals surface area (Å²) >= 11 is 0. The number of ketones is 1. The molecule has 2 aromatic rings. The Bertz CT molecular complexity index is 567. The molecule has 0 amide bonds. The van der Waals surface area contributed by atoms with Gasteiger partial charge in [0.05, 0.1) is 6.61 Å². The Morgan fingerprint density at radius 1 is 1.06 bits per heavy atom. The van der Waals surface area contributed by atoms with E-state index in [0.29, 0.717) is 5.56 Å². The van der Waals surface area contributed by atoms with Crippen molar-refractivity contribution in [3.63, 3.8) is 0 Å². The van der Waals surface area contributed by atoms with Crippen LogP contribution in [0.5, 0.6) is 0 Å². The Morgan fingerprint density at radius 2 is 1.76 bits per heavy atom. The molecule has 0 spiro atoms. The quantitative estimate of drug-likeness (QED) is 0.460. The van der Waals surface area contributed by atoms with E-state index in [1.54, 1.807) is 19.1 Å². The van der Waals surface area contributed by atoms with Crippen molar-refractivity contribution >= 4 is 22.5 Å². The zero-order chi connectivity index (χ0) is 12.3. The van der Waals surface area contributed by atoms with E-state index in [2.05, 4.69) is 0 Å². The zero-order valence-corrected chi connectivity index (χ0v) is 9.47. The third-order valence-electron chi connectivity index (χ3n) is 2.50. The monoisotopic (exact) mass is 228 g/mol. The fourth-order valence-corrected chi connectivity index (χ4v) is 1.73. The standard InChI is InChI=1S/C14H12O3/c1-2-17-14(16)13(15)12-9-5-7-10-6-3-4-8-11(10)12/h3-9H,2H2,1H3. The molecule has 0 radical (unpaired) electrons. The Morgan fingerprint density at radius 3 is 2.53 bits per heavy atom. The Hall–Kier alpha value is -2.16. The predicted molar refractivity (Wildman–Crippen MR) is 64.9 cm³/mol. The second-order valence-electron chi connectivity index (χ2n) is 3.58. The smallest absolute Gasteiger partial charge is 0.379 e. The van der Waals surface area contributed by atoms with Crippen molar-refractivity contribution in [2.45, 2.75) is 6.92 Å². The second kappa shape index (κ2) is 4.78. The van der Waals surface area contributed by atoms with Gasteiger partial charge < -0.3 is 4.74 Å². The lowest BCUT2D eigenvalue weighted by atomic mass is 10.0. The molecule has 0 unspecified atom stereocenters. The van der Waals surface area contributed by atoms with Crippen molar-refractivity contribution in [1.29, 1.82) is 0 Å². The SMILES string of the molecule is CCOC(=O)C(=O)c1cccc2ccccc12. The van der Waals surface area contributed by atoms with Crippen LogP contribution in [0.1, 0.15) is 17.3 Å². The van der Waals surface area contributed by atoms with Crippen molar-refractivity contribution in [3.05, 3.63) is 48.0 Å². The summed E-state index contributed by atoms with van der Waals surface area (Å²) < 4.78 is 4.72. The lowest BCUT2D eigenvalue weighted by molar-refractivity contribution is -0.137. The van der Waals surface area contributed by atoms with Crippen LogP contribution >= 0.6 is 0 Å². The fourth-order valence-electron chi connectivity index (χ4n) is 1.73. The van der Waals surface area contributed by atoms with Gasteiger partial charge >= 0.3 is 5.97 Å². The van der Waals surface area contributed by atoms with E-state index in [9.17, 15) is 9.59 Å². The summed E-state index contributed by atoms with van der Waals surface area (Å²) in [6.45, 7) is 1.88. The molecule has 0 atom stereocenters. The van der Waals surface area contributed by atoms with Gasteiger partial charge in [0.1, 0.15) is 0 Å². The van der Waals surface area contributed by atoms with E-state index in [-0.39, 0.29) is 6.61 Å². The highest BCUT2D eigenvalue weighted by molar-refractivity contribution is 6.42. The molecule has 3 heteroatoms. The molecular formula is C14H12O3. The summed E-state index contributed by atoms with van der Waals surface area (Å²) in [7, 11) is 0. The average molecular weight is 228 g/mol. The van der Waals surface area contributed by atoms with Gasteiger partial charge in [-0.3, -0.25) is 4.79 Å². The number of hydrogen-bond acceptors (Lipinski definition) is 3. The summed E-state index contributed by atoms with van der Waals surface area (Å²) in [4.78, 5) is 23.3. The number of carbonyl (C=O) groups excluding carboxylic acids is 2. The van der Waals surface area contributed by atoms with Crippen molar-refractivity contribution in [1.82, 2.24) is 0 Å². The van der Waals surface area contributed by atoms with E-state index in [4.69, 9.17) is 4.74 Å². The van der Waals surface area contributed by atoms with Gasteiger partial charge in [0.2, 0.25) is 0 Å². The molecule has 0 bridgehead atoms. The highest BCUT2D eigenvalue weighted by atomic mass is 16.5. The van der Waals surface area contributed by atoms with Gasteiger partial charge in [0.25, 0.3) is 5.78 Å². The van der Waals surface area contributed by atoms with Gasteiger partial charge in [-0.05, 0) is 17.7 Å². The summed E-state index contributed by atoms with van der Waals surface area (Å²) in [5.41, 5.74) is 0.390. The van der Waals surface area contributed by atoms with Crippen LogP contribution in [0.15, 0.2) is 42.5 Å². The third-order valence-corrected chi connectivity index (χ3v) is 2.50. The summed E-state index contributed by atoms with van der Waals surface area (Å²) in [6.07, 6.45) is 0. The highest BCUT2D eigenvalue weighted by Crippen LogP contribution is 2.19. The lowest BCUT2D eigenvalue weighted by Crippen LogP contribution is -2.17. The number of benzene rings is 2. The first kappa shape index (κ1) is 11.3. The van der Waals surface area contributed by atoms with Crippen molar-refractivity contribution in [3.8, 4) is 0 Å².